The van der Waals surface area contributed by atoms with Gasteiger partial charge in [-0.05, 0) is 89.8 Å². The van der Waals surface area contributed by atoms with E-state index in [4.69, 9.17) is 18.9 Å². The standard InChI is InChI=1S/C35H31Br2N3O10S/c1-5-47-27-16-22(9-12-26(27)49-18-29(41)46-4)31-30(34(43)48-6-2)19(3)38-35-39(31)33(42)28(51-35)15-21-13-24(37)32(25(14-21)40(44)45)50-17-20-7-10-23(36)11-8-20/h7-16,31H,5-6,17-18H2,1-4H3/b28-15+/t31-/m0/s1. The van der Waals surface area contributed by atoms with Crippen LogP contribution in [0.5, 0.6) is 17.2 Å². The fourth-order valence-electron chi connectivity index (χ4n) is 5.23. The van der Waals surface area contributed by atoms with E-state index in [1.54, 1.807) is 45.0 Å². The Kier molecular flexibility index (Phi) is 12.1. The first-order chi connectivity index (χ1) is 24.4. The number of hydrogen-bond donors (Lipinski definition) is 0. The number of nitro benzene ring substituents is 1. The van der Waals surface area contributed by atoms with Gasteiger partial charge in [0.05, 0.1) is 51.6 Å². The van der Waals surface area contributed by atoms with Crippen molar-refractivity contribution >= 4 is 66.9 Å². The molecular weight excluding hydrogens is 814 g/mol. The van der Waals surface area contributed by atoms with Crippen molar-refractivity contribution in [2.24, 2.45) is 4.99 Å². The molecule has 0 saturated carbocycles. The third-order valence-electron chi connectivity index (χ3n) is 7.51. The maximum atomic E-state index is 14.2. The van der Waals surface area contributed by atoms with Gasteiger partial charge in [0.1, 0.15) is 6.61 Å². The van der Waals surface area contributed by atoms with E-state index < -0.39 is 28.5 Å². The minimum Gasteiger partial charge on any atom is -0.490 e. The molecule has 13 nitrogen and oxygen atoms in total. The molecule has 0 aliphatic carbocycles. The van der Waals surface area contributed by atoms with Gasteiger partial charge in [0.25, 0.3) is 5.56 Å². The molecule has 0 radical (unpaired) electrons. The number of benzene rings is 3. The molecule has 51 heavy (non-hydrogen) atoms. The van der Waals surface area contributed by atoms with E-state index in [-0.39, 0.29) is 59.5 Å². The number of rotatable bonds is 13. The van der Waals surface area contributed by atoms with E-state index in [9.17, 15) is 24.5 Å². The van der Waals surface area contributed by atoms with E-state index in [1.165, 1.54) is 23.8 Å². The topological polar surface area (TPSA) is 158 Å². The summed E-state index contributed by atoms with van der Waals surface area (Å²) in [7, 11) is 1.25. The molecule has 1 aromatic heterocycles. The van der Waals surface area contributed by atoms with Crippen LogP contribution in [0.15, 0.2) is 84.6 Å². The van der Waals surface area contributed by atoms with Gasteiger partial charge >= 0.3 is 17.6 Å². The molecule has 2 heterocycles. The monoisotopic (exact) mass is 843 g/mol. The van der Waals surface area contributed by atoms with Crippen molar-refractivity contribution in [3.05, 3.63) is 121 Å². The Balaban J connectivity index is 1.60. The normalized spacial score (nSPS) is 14.0. The number of halogens is 2. The second-order valence-electron chi connectivity index (χ2n) is 10.8. The van der Waals surface area contributed by atoms with Crippen LogP contribution in [0.1, 0.15) is 43.5 Å². The largest absolute Gasteiger partial charge is 0.490 e. The number of thiazole rings is 1. The number of hydrogen-bond acceptors (Lipinski definition) is 12. The van der Waals surface area contributed by atoms with E-state index in [2.05, 4.69) is 41.6 Å². The molecule has 0 bridgehead atoms. The summed E-state index contributed by atoms with van der Waals surface area (Å²) in [4.78, 5) is 55.8. The SMILES string of the molecule is CCOC(=O)C1=C(C)N=c2s/c(=C/c3cc(Br)c(OCc4ccc(Br)cc4)c([N+](=O)[O-])c3)c(=O)n2[C@H]1c1ccc(OCC(=O)OC)c(OCC)c1. The van der Waals surface area contributed by atoms with Crippen LogP contribution in [0.3, 0.4) is 0 Å². The van der Waals surface area contributed by atoms with E-state index in [0.717, 1.165) is 21.4 Å². The van der Waals surface area contributed by atoms with Crippen molar-refractivity contribution < 1.29 is 38.2 Å². The van der Waals surface area contributed by atoms with Gasteiger partial charge in [-0.2, -0.15) is 0 Å². The number of aromatic nitrogens is 1. The van der Waals surface area contributed by atoms with E-state index >= 15 is 0 Å². The summed E-state index contributed by atoms with van der Waals surface area (Å²) in [6.45, 7) is 5.19. The second kappa shape index (κ2) is 16.5. The molecule has 4 aromatic rings. The average molecular weight is 846 g/mol. The van der Waals surface area contributed by atoms with Gasteiger partial charge in [-0.25, -0.2) is 14.6 Å². The Morgan fingerprint density at radius 2 is 1.76 bits per heavy atom. The lowest BCUT2D eigenvalue weighted by Gasteiger charge is -2.25. The molecule has 1 atom stereocenters. The number of fused-ring (bicyclic) bond motifs is 1. The minimum atomic E-state index is -0.980. The summed E-state index contributed by atoms with van der Waals surface area (Å²) in [5.74, 6) is -0.663. The van der Waals surface area contributed by atoms with Crippen molar-refractivity contribution in [2.75, 3.05) is 26.9 Å². The number of carbonyl (C=O) groups excluding carboxylic acids is 2. The Bertz CT molecular complexity index is 2210. The molecule has 0 spiro atoms. The van der Waals surface area contributed by atoms with Crippen molar-refractivity contribution in [3.63, 3.8) is 0 Å². The summed E-state index contributed by atoms with van der Waals surface area (Å²) >= 11 is 7.86. The number of nitrogens with zero attached hydrogens (tertiary/aromatic N) is 3. The smallest absolute Gasteiger partial charge is 0.343 e. The quantitative estimate of drug-likeness (QED) is 0.0921. The lowest BCUT2D eigenvalue weighted by atomic mass is 9.95. The summed E-state index contributed by atoms with van der Waals surface area (Å²) < 4.78 is 30.1. The number of carbonyl (C=O) groups is 2. The number of allylic oxidation sites excluding steroid dienone is 1. The van der Waals surface area contributed by atoms with Crippen LogP contribution in [-0.4, -0.2) is 48.4 Å². The predicted molar refractivity (Wildman–Crippen MR) is 195 cm³/mol. The zero-order valence-electron chi connectivity index (χ0n) is 27.8. The summed E-state index contributed by atoms with van der Waals surface area (Å²) in [5, 5.41) is 12.2. The molecule has 0 saturated heterocycles. The van der Waals surface area contributed by atoms with Crippen LogP contribution < -0.4 is 29.1 Å². The maximum Gasteiger partial charge on any atom is 0.343 e. The second-order valence-corrected chi connectivity index (χ2v) is 13.6. The van der Waals surface area contributed by atoms with Crippen molar-refractivity contribution in [1.82, 2.24) is 4.57 Å². The number of nitro groups is 1. The van der Waals surface area contributed by atoms with Crippen LogP contribution in [0, 0.1) is 10.1 Å². The van der Waals surface area contributed by atoms with Gasteiger partial charge in [0.15, 0.2) is 22.9 Å². The Morgan fingerprint density at radius 3 is 2.43 bits per heavy atom. The lowest BCUT2D eigenvalue weighted by Crippen LogP contribution is -2.40. The van der Waals surface area contributed by atoms with Crippen LogP contribution in [0.2, 0.25) is 0 Å². The van der Waals surface area contributed by atoms with Gasteiger partial charge in [0.2, 0.25) is 5.75 Å². The average Bonchev–Trinajstić information content (AvgIpc) is 3.40. The molecule has 0 fully saturated rings. The van der Waals surface area contributed by atoms with Gasteiger partial charge < -0.3 is 23.7 Å². The van der Waals surface area contributed by atoms with E-state index in [1.807, 2.05) is 24.3 Å². The summed E-state index contributed by atoms with van der Waals surface area (Å²) in [6, 6.07) is 14.2. The molecule has 3 aromatic carbocycles. The van der Waals surface area contributed by atoms with Crippen molar-refractivity contribution in [2.45, 2.75) is 33.4 Å². The number of esters is 2. The third kappa shape index (κ3) is 8.40. The van der Waals surface area contributed by atoms with Gasteiger partial charge in [-0.15, -0.1) is 0 Å². The zero-order valence-corrected chi connectivity index (χ0v) is 31.8. The molecule has 1 aliphatic rings. The first-order valence-electron chi connectivity index (χ1n) is 15.5. The molecule has 266 valence electrons. The van der Waals surface area contributed by atoms with Gasteiger partial charge in [-0.3, -0.25) is 19.5 Å². The number of ether oxygens (including phenoxy) is 5. The zero-order chi connectivity index (χ0) is 36.8. The Morgan fingerprint density at radius 1 is 1.02 bits per heavy atom. The summed E-state index contributed by atoms with van der Waals surface area (Å²) in [5.41, 5.74) is 1.37. The fourth-order valence-corrected chi connectivity index (χ4v) is 7.13. The highest BCUT2D eigenvalue weighted by atomic mass is 79.9. The van der Waals surface area contributed by atoms with E-state index in [0.29, 0.717) is 26.1 Å². The van der Waals surface area contributed by atoms with Crippen LogP contribution in [-0.2, 0) is 25.7 Å². The first-order valence-corrected chi connectivity index (χ1v) is 17.9. The Hall–Kier alpha value is -4.80. The molecular formula is C35H31Br2N3O10S. The molecule has 1 aliphatic heterocycles. The van der Waals surface area contributed by atoms with Gasteiger partial charge in [0, 0.05) is 10.5 Å². The Labute approximate surface area is 312 Å². The van der Waals surface area contributed by atoms with Crippen LogP contribution in [0.25, 0.3) is 6.08 Å². The minimum absolute atomic E-state index is 0.0420. The highest BCUT2D eigenvalue weighted by molar-refractivity contribution is 9.10. The lowest BCUT2D eigenvalue weighted by molar-refractivity contribution is -0.386. The first kappa shape index (κ1) is 37.5. The molecule has 0 N–H and O–H groups in total. The highest BCUT2D eigenvalue weighted by Gasteiger charge is 2.34. The number of methoxy groups -OCH3 is 1. The molecule has 0 unspecified atom stereocenters. The fraction of sp³-hybridized carbons (Fsp3) is 0.257. The van der Waals surface area contributed by atoms with Crippen molar-refractivity contribution in [1.29, 1.82) is 0 Å². The molecule has 5 rings (SSSR count). The molecule has 0 amide bonds. The van der Waals surface area contributed by atoms with Crippen LogP contribution in [0.4, 0.5) is 5.69 Å². The third-order valence-corrected chi connectivity index (χ3v) is 9.61. The molecule has 16 heteroatoms. The maximum absolute atomic E-state index is 14.2. The predicted octanol–water partition coefficient (Wildman–Crippen LogP) is 5.76. The summed E-state index contributed by atoms with van der Waals surface area (Å²) in [6.07, 6.45) is 1.52. The highest BCUT2D eigenvalue weighted by Crippen LogP contribution is 2.38. The van der Waals surface area contributed by atoms with Crippen molar-refractivity contribution in [3.8, 4) is 17.2 Å². The van der Waals surface area contributed by atoms with Gasteiger partial charge in [-0.1, -0.05) is 45.5 Å². The van der Waals surface area contributed by atoms with Crippen LogP contribution >= 0.6 is 43.2 Å².